The zero-order valence-electron chi connectivity index (χ0n) is 45.3. The Kier molecular flexibility index (Phi) is 30.9. The number of hydrogen-bond donors (Lipinski definition) is 2. The molecule has 0 saturated heterocycles. The van der Waals surface area contributed by atoms with Crippen molar-refractivity contribution in [1.29, 1.82) is 0 Å². The number of halogens is 1. The molecule has 2 N–H and O–H groups in total. The number of nitrogens with zero attached hydrogens (tertiary/aromatic N) is 2. The molecular formula is C59H98FN3O3. The highest BCUT2D eigenvalue weighted by Crippen LogP contribution is 2.52. The Morgan fingerprint density at radius 3 is 1.89 bits per heavy atom. The Hall–Kier alpha value is -3.84. The number of rotatable bonds is 20. The Morgan fingerprint density at radius 1 is 0.955 bits per heavy atom. The highest BCUT2D eigenvalue weighted by molar-refractivity contribution is 6.09. The maximum absolute atomic E-state index is 14.4. The summed E-state index contributed by atoms with van der Waals surface area (Å²) in [7, 11) is 0. The zero-order valence-corrected chi connectivity index (χ0v) is 45.3. The number of amides is 1. The molecule has 0 bridgehead atoms. The van der Waals surface area contributed by atoms with E-state index < -0.39 is 17.3 Å². The summed E-state index contributed by atoms with van der Waals surface area (Å²) in [4.78, 5) is 31.8. The largest absolute Gasteiger partial charge is 0.386 e. The Bertz CT molecular complexity index is 1760. The van der Waals surface area contributed by atoms with Crippen LogP contribution in [0.1, 0.15) is 212 Å². The number of aliphatic imine (C=N–C) groups is 1. The van der Waals surface area contributed by atoms with Crippen molar-refractivity contribution in [2.75, 3.05) is 4.90 Å². The maximum atomic E-state index is 14.4. The molecular weight excluding hydrogens is 818 g/mol. The molecule has 0 spiro atoms. The highest BCUT2D eigenvalue weighted by Gasteiger charge is 2.53. The second-order valence-corrected chi connectivity index (χ2v) is 19.3. The van der Waals surface area contributed by atoms with E-state index in [9.17, 15) is 14.0 Å². The minimum atomic E-state index is -0.796. The lowest BCUT2D eigenvalue weighted by molar-refractivity contribution is -0.129. The molecule has 1 aromatic rings. The predicted molar refractivity (Wildman–Crippen MR) is 288 cm³/mol. The van der Waals surface area contributed by atoms with Crippen LogP contribution >= 0.6 is 0 Å². The summed E-state index contributed by atoms with van der Waals surface area (Å²) >= 11 is 0. The lowest BCUT2D eigenvalue weighted by Gasteiger charge is -2.42. The molecule has 4 rings (SSSR count). The van der Waals surface area contributed by atoms with Gasteiger partial charge in [0.2, 0.25) is 5.91 Å². The quantitative estimate of drug-likeness (QED) is 0.101. The van der Waals surface area contributed by atoms with E-state index in [-0.39, 0.29) is 17.7 Å². The summed E-state index contributed by atoms with van der Waals surface area (Å²) in [6, 6.07) is 6.76. The molecule has 3 atom stereocenters. The lowest BCUT2D eigenvalue weighted by Crippen LogP contribution is -2.50. The van der Waals surface area contributed by atoms with Gasteiger partial charge in [-0.25, -0.2) is 4.39 Å². The molecule has 7 heteroatoms. The van der Waals surface area contributed by atoms with Gasteiger partial charge in [-0.3, -0.25) is 14.6 Å². The van der Waals surface area contributed by atoms with Crippen molar-refractivity contribution in [3.05, 3.63) is 95.3 Å². The minimum Gasteiger partial charge on any atom is -0.386 e. The average molecular weight is 916 g/mol. The molecule has 0 aromatic heterocycles. The van der Waals surface area contributed by atoms with E-state index in [1.807, 2.05) is 53.8 Å². The number of aliphatic hydroxyl groups excluding tert-OH is 1. The second kappa shape index (κ2) is 32.8. The van der Waals surface area contributed by atoms with Crippen LogP contribution in [-0.4, -0.2) is 35.2 Å². The van der Waals surface area contributed by atoms with Gasteiger partial charge in [0.25, 0.3) is 0 Å². The van der Waals surface area contributed by atoms with E-state index in [1.165, 1.54) is 57.1 Å². The summed E-state index contributed by atoms with van der Waals surface area (Å²) in [6.07, 6.45) is 22.6. The third-order valence-corrected chi connectivity index (χ3v) is 12.8. The Balaban J connectivity index is 0.00000157. The summed E-state index contributed by atoms with van der Waals surface area (Å²) in [5.74, 6) is 3.47. The van der Waals surface area contributed by atoms with Gasteiger partial charge in [-0.05, 0) is 143 Å². The molecule has 2 fully saturated rings. The van der Waals surface area contributed by atoms with Crippen molar-refractivity contribution in [1.82, 2.24) is 5.32 Å². The van der Waals surface area contributed by atoms with Gasteiger partial charge >= 0.3 is 0 Å². The molecule has 2 saturated carbocycles. The topological polar surface area (TPSA) is 82.0 Å². The van der Waals surface area contributed by atoms with E-state index in [1.54, 1.807) is 26.0 Å². The van der Waals surface area contributed by atoms with Crippen molar-refractivity contribution >= 4 is 29.2 Å². The summed E-state index contributed by atoms with van der Waals surface area (Å²) in [5, 5.41) is 11.8. The fourth-order valence-corrected chi connectivity index (χ4v) is 8.99. The molecule has 1 heterocycles. The molecule has 1 aromatic carbocycles. The fraction of sp³-hybridized carbons (Fsp3) is 0.644. The van der Waals surface area contributed by atoms with Gasteiger partial charge in [-0.2, -0.15) is 0 Å². The number of fused-ring (bicyclic) bond motifs is 1. The number of hydrogen-bond acceptors (Lipinski definition) is 5. The number of Topliss-reactive ketones (excluding diaryl/α,β-unsaturated/α-hetero) is 1. The SMILES string of the molecule is C=C/C(F)=C(\C=C/C)N/C(C)=C(C)/C(=C\C(=C)c1ccc2c(c1)N(C1CC(CCC)C1)C(=O)C2(CCC)CCC)N=CCC.CC.CC(C)C.CC(C)C(=O)C(C)O.CCC1CCC1CC. The van der Waals surface area contributed by atoms with Gasteiger partial charge in [0.05, 0.1) is 16.8 Å². The smallest absolute Gasteiger partial charge is 0.237 e. The molecule has 2 aliphatic carbocycles. The number of benzene rings is 1. The van der Waals surface area contributed by atoms with E-state index in [0.29, 0.717) is 17.5 Å². The van der Waals surface area contributed by atoms with Crippen molar-refractivity contribution in [3.8, 4) is 0 Å². The third kappa shape index (κ3) is 18.7. The fourth-order valence-electron chi connectivity index (χ4n) is 8.99. The first-order valence-electron chi connectivity index (χ1n) is 26.0. The van der Waals surface area contributed by atoms with Gasteiger partial charge < -0.3 is 15.3 Å². The van der Waals surface area contributed by atoms with Gasteiger partial charge in [0.15, 0.2) is 5.78 Å². The molecule has 0 radical (unpaired) electrons. The predicted octanol–water partition coefficient (Wildman–Crippen LogP) is 16.8. The number of allylic oxidation sites excluding steroid dienone is 8. The van der Waals surface area contributed by atoms with Crippen LogP contribution in [0.25, 0.3) is 5.57 Å². The molecule has 6 nitrogen and oxygen atoms in total. The van der Waals surface area contributed by atoms with E-state index in [0.717, 1.165) is 96.5 Å². The van der Waals surface area contributed by atoms with E-state index in [4.69, 9.17) is 10.1 Å². The lowest BCUT2D eigenvalue weighted by atomic mass is 9.71. The van der Waals surface area contributed by atoms with Crippen molar-refractivity contribution in [2.45, 2.75) is 219 Å². The number of aliphatic hydroxyl groups is 1. The van der Waals surface area contributed by atoms with Gasteiger partial charge in [0, 0.05) is 29.6 Å². The van der Waals surface area contributed by atoms with Crippen LogP contribution in [0.4, 0.5) is 10.1 Å². The number of carbonyl (C=O) groups is 2. The monoisotopic (exact) mass is 916 g/mol. The number of ketones is 1. The van der Waals surface area contributed by atoms with Crippen LogP contribution in [0.2, 0.25) is 0 Å². The van der Waals surface area contributed by atoms with Crippen LogP contribution < -0.4 is 10.2 Å². The Morgan fingerprint density at radius 2 is 1.50 bits per heavy atom. The summed E-state index contributed by atoms with van der Waals surface area (Å²) in [5.41, 5.74) is 6.36. The number of nitrogens with one attached hydrogen (secondary N) is 1. The standard InChI is InChI=1S/C39H54FN3O.C8H16.C6H12O2.C4H10.C2H6/c1-10-16-30-24-32(25-30)43-37-26-31(18-19-33(37)39(20-12-3,21-13-4)38(43)44)27(7)23-36(41-22-14-5)28(8)29(9)42-35(17-11-2)34(40)15-6;1-3-7-5-6-8(7)4-2;1-4(2)6(8)5(3)7;1-4(2)3;1-2/h11,15,17-19,22-23,26,30,32,42H,6-7,10,12-14,16,20-21,24-25H2,1-5,8-9H3;7-8H,3-6H2,1-2H3;4-5,7H,1-3H3;4H,1-3H3;1-2H3/b17-11-,29-28+,35-34-,36-23+,41-22?;;;;. The van der Waals surface area contributed by atoms with Crippen LogP contribution in [0.15, 0.2) is 89.1 Å². The van der Waals surface area contributed by atoms with Crippen LogP contribution in [0.3, 0.4) is 0 Å². The van der Waals surface area contributed by atoms with E-state index >= 15 is 0 Å². The Labute approximate surface area is 405 Å². The summed E-state index contributed by atoms with van der Waals surface area (Å²) in [6.45, 7) is 42.6. The average Bonchev–Trinajstić information content (AvgIpc) is 3.48. The van der Waals surface area contributed by atoms with Gasteiger partial charge in [-0.15, -0.1) is 0 Å². The summed E-state index contributed by atoms with van der Waals surface area (Å²) < 4.78 is 14.4. The van der Waals surface area contributed by atoms with Crippen molar-refractivity contribution in [3.63, 3.8) is 0 Å². The van der Waals surface area contributed by atoms with Crippen LogP contribution in [-0.2, 0) is 15.0 Å². The maximum Gasteiger partial charge on any atom is 0.237 e. The molecule has 1 amide bonds. The first-order chi connectivity index (χ1) is 31.3. The minimum absolute atomic E-state index is 0.0463. The van der Waals surface area contributed by atoms with Crippen molar-refractivity contribution in [2.24, 2.45) is 34.6 Å². The van der Waals surface area contributed by atoms with E-state index in [2.05, 4.69) is 97.0 Å². The molecule has 374 valence electrons. The molecule has 3 aliphatic rings. The second-order valence-electron chi connectivity index (χ2n) is 19.3. The van der Waals surface area contributed by atoms with Gasteiger partial charge in [-0.1, -0.05) is 160 Å². The number of anilines is 1. The van der Waals surface area contributed by atoms with Crippen LogP contribution in [0, 0.1) is 29.6 Å². The molecule has 3 unspecified atom stereocenters. The van der Waals surface area contributed by atoms with Crippen LogP contribution in [0.5, 0.6) is 0 Å². The highest BCUT2D eigenvalue weighted by atomic mass is 19.1. The first kappa shape index (κ1) is 62.2. The first-order valence-corrected chi connectivity index (χ1v) is 26.0. The number of carbonyl (C=O) groups excluding carboxylic acids is 2. The normalized spacial score (nSPS) is 20.7. The van der Waals surface area contributed by atoms with Gasteiger partial charge in [0.1, 0.15) is 11.9 Å². The zero-order chi connectivity index (χ0) is 50.7. The third-order valence-electron chi connectivity index (χ3n) is 12.8. The van der Waals surface area contributed by atoms with Crippen molar-refractivity contribution < 1.29 is 19.1 Å². The molecule has 1 aliphatic heterocycles. The molecule has 66 heavy (non-hydrogen) atoms.